The maximum atomic E-state index is 6.69. The minimum atomic E-state index is 0.445. The molecule has 5 rings (SSSR count). The number of rotatable bonds is 38. The van der Waals surface area contributed by atoms with Crippen LogP contribution in [0.5, 0.6) is 17.2 Å². The Morgan fingerprint density at radius 1 is 0.375 bits per heavy atom. The molecule has 1 aromatic heterocycles. The van der Waals surface area contributed by atoms with Crippen LogP contribution in [-0.4, -0.2) is 30.0 Å². The van der Waals surface area contributed by atoms with Crippen molar-refractivity contribution in [2.24, 2.45) is 0 Å². The average molecular weight is 875 g/mol. The minimum Gasteiger partial charge on any atom is -0.490 e. The predicted molar refractivity (Wildman–Crippen MR) is 272 cm³/mol. The highest BCUT2D eigenvalue weighted by Gasteiger charge is 2.22. The monoisotopic (exact) mass is 875 g/mol. The molecule has 0 saturated heterocycles. The van der Waals surface area contributed by atoms with E-state index in [2.05, 4.69) is 85.6 Å². The lowest BCUT2D eigenvalue weighted by atomic mass is 9.97. The molecule has 1 heterocycles. The van der Waals surface area contributed by atoms with Gasteiger partial charge in [-0.2, -0.15) is 0 Å². The van der Waals surface area contributed by atoms with E-state index in [1.165, 1.54) is 161 Å². The van der Waals surface area contributed by atoms with Gasteiger partial charge in [-0.1, -0.05) is 243 Å². The number of hydrogen-bond donors (Lipinski definition) is 0. The molecule has 64 heavy (non-hydrogen) atoms. The smallest absolute Gasteiger partial charge is 0.249 e. The van der Waals surface area contributed by atoms with Gasteiger partial charge in [-0.25, -0.2) is 0 Å². The Kier molecular flexibility index (Phi) is 25.3. The van der Waals surface area contributed by atoms with Gasteiger partial charge >= 0.3 is 0 Å². The third-order valence-corrected chi connectivity index (χ3v) is 12.9. The third kappa shape index (κ3) is 18.1. The van der Waals surface area contributed by atoms with Gasteiger partial charge in [0, 0.05) is 5.56 Å². The summed E-state index contributed by atoms with van der Waals surface area (Å²) in [6, 6.07) is 23.2. The zero-order chi connectivity index (χ0) is 44.7. The van der Waals surface area contributed by atoms with Gasteiger partial charge in [0.2, 0.25) is 17.5 Å². The summed E-state index contributed by atoms with van der Waals surface area (Å²) in [5.74, 6) is 3.06. The highest BCUT2D eigenvalue weighted by atomic mass is 16.5. The van der Waals surface area contributed by atoms with Gasteiger partial charge in [0.15, 0.2) is 11.5 Å². The Balaban J connectivity index is 1.31. The fourth-order valence-electron chi connectivity index (χ4n) is 9.05. The van der Waals surface area contributed by atoms with Crippen molar-refractivity contribution in [3.63, 3.8) is 0 Å². The highest BCUT2D eigenvalue weighted by Crippen LogP contribution is 2.43. The number of hydrogen-bond acceptors (Lipinski definition) is 6. The molecule has 5 aromatic rings. The summed E-state index contributed by atoms with van der Waals surface area (Å²) < 4.78 is 26.7. The topological polar surface area (TPSA) is 66.6 Å². The molecule has 0 fully saturated rings. The van der Waals surface area contributed by atoms with Crippen molar-refractivity contribution in [2.75, 3.05) is 19.8 Å². The molecule has 0 atom stereocenters. The molecule has 0 unspecified atom stereocenters. The zero-order valence-electron chi connectivity index (χ0n) is 40.7. The minimum absolute atomic E-state index is 0.445. The van der Waals surface area contributed by atoms with E-state index in [1.54, 1.807) is 0 Å². The lowest BCUT2D eigenvalue weighted by Gasteiger charge is -2.18. The van der Waals surface area contributed by atoms with E-state index in [9.17, 15) is 0 Å². The molecule has 0 spiro atoms. The highest BCUT2D eigenvalue weighted by molar-refractivity contribution is 6.11. The Bertz CT molecular complexity index is 1870. The van der Waals surface area contributed by atoms with Crippen LogP contribution in [0.4, 0.5) is 0 Å². The van der Waals surface area contributed by atoms with Gasteiger partial charge in [0.1, 0.15) is 0 Å². The molecule has 0 bridgehead atoms. The van der Waals surface area contributed by atoms with Gasteiger partial charge < -0.3 is 18.6 Å². The fraction of sp³-hybridized carbons (Fsp3) is 0.621. The first-order chi connectivity index (χ1) is 31.7. The van der Waals surface area contributed by atoms with E-state index in [1.807, 2.05) is 12.1 Å². The molecule has 0 aliphatic carbocycles. The normalized spacial score (nSPS) is 11.5. The first-order valence-corrected chi connectivity index (χ1v) is 26.5. The standard InChI is InChI=1S/C58H86N2O4/c1-4-7-10-13-16-19-22-25-28-35-42-61-53-46-50(57-59-60-58(64-57)55-51-40-33-31-38-48(51)45-49-39-32-34-41-52(49)55)47-54(62-43-36-29-26-23-20-17-14-11-8-5-2)56(53)63-44-37-30-27-24-21-18-15-12-9-6-3/h31-34,38-41,45-47H,4-30,35-37,42-44H2,1-3H3. The Hall–Kier alpha value is -4.06. The molecular formula is C58H86N2O4. The van der Waals surface area contributed by atoms with Crippen molar-refractivity contribution in [3.05, 3.63) is 66.7 Å². The molecule has 0 aliphatic rings. The molecule has 4 aromatic carbocycles. The Morgan fingerprint density at radius 2 is 0.719 bits per heavy atom. The Morgan fingerprint density at radius 3 is 1.12 bits per heavy atom. The van der Waals surface area contributed by atoms with Crippen molar-refractivity contribution in [3.8, 4) is 40.2 Å². The molecule has 0 N–H and O–H groups in total. The quantitative estimate of drug-likeness (QED) is 0.0291. The van der Waals surface area contributed by atoms with Gasteiger partial charge in [-0.3, -0.25) is 0 Å². The summed E-state index contributed by atoms with van der Waals surface area (Å²) in [5, 5.41) is 13.8. The summed E-state index contributed by atoms with van der Waals surface area (Å²) in [4.78, 5) is 0. The van der Waals surface area contributed by atoms with Crippen LogP contribution in [0.25, 0.3) is 44.5 Å². The average Bonchev–Trinajstić information content (AvgIpc) is 3.81. The first-order valence-electron chi connectivity index (χ1n) is 26.5. The molecule has 0 radical (unpaired) electrons. The maximum absolute atomic E-state index is 6.69. The van der Waals surface area contributed by atoms with Crippen molar-refractivity contribution in [2.45, 2.75) is 213 Å². The van der Waals surface area contributed by atoms with Crippen molar-refractivity contribution in [1.82, 2.24) is 10.2 Å². The molecular weight excluding hydrogens is 789 g/mol. The van der Waals surface area contributed by atoms with Crippen LogP contribution >= 0.6 is 0 Å². The summed E-state index contributed by atoms with van der Waals surface area (Å²) in [7, 11) is 0. The van der Waals surface area contributed by atoms with Crippen LogP contribution in [0.2, 0.25) is 0 Å². The second kappa shape index (κ2) is 31.8. The molecule has 0 aliphatic heterocycles. The second-order valence-corrected chi connectivity index (χ2v) is 18.5. The number of ether oxygens (including phenoxy) is 3. The maximum Gasteiger partial charge on any atom is 0.249 e. The van der Waals surface area contributed by atoms with E-state index in [0.29, 0.717) is 48.9 Å². The molecule has 6 nitrogen and oxygen atoms in total. The van der Waals surface area contributed by atoms with Gasteiger partial charge in [-0.05, 0) is 59.0 Å². The number of aromatic nitrogens is 2. The zero-order valence-corrected chi connectivity index (χ0v) is 40.7. The van der Waals surface area contributed by atoms with Crippen LogP contribution in [-0.2, 0) is 0 Å². The van der Waals surface area contributed by atoms with Crippen LogP contribution < -0.4 is 14.2 Å². The molecule has 6 heteroatoms. The molecule has 0 amide bonds. The van der Waals surface area contributed by atoms with Crippen molar-refractivity contribution in [1.29, 1.82) is 0 Å². The summed E-state index contributed by atoms with van der Waals surface area (Å²) in [6.07, 6.45) is 38.6. The summed E-state index contributed by atoms with van der Waals surface area (Å²) >= 11 is 0. The van der Waals surface area contributed by atoms with E-state index >= 15 is 0 Å². The number of fused-ring (bicyclic) bond motifs is 2. The van der Waals surface area contributed by atoms with Crippen molar-refractivity contribution >= 4 is 21.5 Å². The van der Waals surface area contributed by atoms with Gasteiger partial charge in [-0.15, -0.1) is 10.2 Å². The number of benzene rings is 4. The number of nitrogens with zero attached hydrogens (tertiary/aromatic N) is 2. The number of unbranched alkanes of at least 4 members (excludes halogenated alkanes) is 27. The van der Waals surface area contributed by atoms with Crippen LogP contribution in [0.15, 0.2) is 71.1 Å². The Labute approximate surface area is 389 Å². The summed E-state index contributed by atoms with van der Waals surface area (Å²) in [5.41, 5.74) is 1.74. The third-order valence-electron chi connectivity index (χ3n) is 12.9. The van der Waals surface area contributed by atoms with Crippen LogP contribution in [0, 0.1) is 0 Å². The lowest BCUT2D eigenvalue weighted by molar-refractivity contribution is 0.234. The van der Waals surface area contributed by atoms with Gasteiger partial charge in [0.25, 0.3) is 0 Å². The summed E-state index contributed by atoms with van der Waals surface area (Å²) in [6.45, 7) is 8.76. The predicted octanol–water partition coefficient (Wildman–Crippen LogP) is 18.6. The van der Waals surface area contributed by atoms with E-state index in [0.717, 1.165) is 64.8 Å². The van der Waals surface area contributed by atoms with E-state index in [-0.39, 0.29) is 0 Å². The molecule has 0 saturated carbocycles. The largest absolute Gasteiger partial charge is 0.490 e. The second-order valence-electron chi connectivity index (χ2n) is 18.5. The van der Waals surface area contributed by atoms with Gasteiger partial charge in [0.05, 0.1) is 25.4 Å². The van der Waals surface area contributed by atoms with Crippen LogP contribution in [0.1, 0.15) is 213 Å². The SMILES string of the molecule is CCCCCCCCCCCCOc1cc(-c2nnc(-c3c4ccccc4cc4ccccc34)o2)cc(OCCCCCCCCCCCC)c1OCCCCCCCCCCCC. The van der Waals surface area contributed by atoms with Crippen LogP contribution in [0.3, 0.4) is 0 Å². The van der Waals surface area contributed by atoms with E-state index in [4.69, 9.17) is 18.6 Å². The first kappa shape index (κ1) is 50.9. The van der Waals surface area contributed by atoms with Crippen molar-refractivity contribution < 1.29 is 18.6 Å². The fourth-order valence-corrected chi connectivity index (χ4v) is 9.05. The lowest BCUT2D eigenvalue weighted by Crippen LogP contribution is -2.07. The molecule has 352 valence electrons. The van der Waals surface area contributed by atoms with E-state index < -0.39 is 0 Å².